The highest BCUT2D eigenvalue weighted by Crippen LogP contribution is 2.24. The van der Waals surface area contributed by atoms with Crippen molar-refractivity contribution < 1.29 is 4.42 Å². The number of rotatable bonds is 3. The smallest absolute Gasteiger partial charge is 0.134 e. The Morgan fingerprint density at radius 3 is 2.55 bits per heavy atom. The van der Waals surface area contributed by atoms with Gasteiger partial charge in [-0.3, -0.25) is 4.90 Å². The molecule has 2 unspecified atom stereocenters. The number of halogens is 1. The first kappa shape index (κ1) is 15.1. The molecule has 3 nitrogen and oxygen atoms in total. The van der Waals surface area contributed by atoms with Gasteiger partial charge in [0, 0.05) is 24.7 Å². The summed E-state index contributed by atoms with van der Waals surface area (Å²) in [6, 6.07) is 14.6. The fourth-order valence-electron chi connectivity index (χ4n) is 2.67. The number of hydrogen-bond donors (Lipinski definition) is 1. The van der Waals surface area contributed by atoms with Crippen LogP contribution < -0.4 is 5.73 Å². The zero-order chi connectivity index (χ0) is 13.2. The summed E-state index contributed by atoms with van der Waals surface area (Å²) < 4.78 is 5.92. The number of hydrogen-bond acceptors (Lipinski definition) is 3. The van der Waals surface area contributed by atoms with Gasteiger partial charge in [-0.2, -0.15) is 0 Å². The van der Waals surface area contributed by atoms with E-state index < -0.39 is 0 Å². The third kappa shape index (κ3) is 3.23. The van der Waals surface area contributed by atoms with Gasteiger partial charge >= 0.3 is 0 Å². The van der Waals surface area contributed by atoms with Crippen LogP contribution in [0.25, 0.3) is 11.3 Å². The van der Waals surface area contributed by atoms with Crippen molar-refractivity contribution in [3.63, 3.8) is 0 Å². The van der Waals surface area contributed by atoms with Crippen molar-refractivity contribution in [3.05, 3.63) is 48.2 Å². The number of nitrogens with two attached hydrogens (primary N) is 1. The van der Waals surface area contributed by atoms with Crippen molar-refractivity contribution in [2.75, 3.05) is 13.1 Å². The summed E-state index contributed by atoms with van der Waals surface area (Å²) in [4.78, 5) is 2.36. The highest BCUT2D eigenvalue weighted by molar-refractivity contribution is 5.85. The standard InChI is InChI=1S/C16H20N2O.ClH/c1-12-9-18(11-15(12)17)10-14-7-8-16(19-14)13-5-3-2-4-6-13;/h2-8,12,15H,9-11,17H2,1H3;1H. The zero-order valence-electron chi connectivity index (χ0n) is 11.7. The Morgan fingerprint density at radius 2 is 1.90 bits per heavy atom. The quantitative estimate of drug-likeness (QED) is 0.945. The predicted molar refractivity (Wildman–Crippen MR) is 83.8 cm³/mol. The molecule has 0 aliphatic carbocycles. The fraction of sp³-hybridized carbons (Fsp3) is 0.375. The lowest BCUT2D eigenvalue weighted by Crippen LogP contribution is -2.28. The Bertz CT molecular complexity index is 530. The molecule has 2 N–H and O–H groups in total. The summed E-state index contributed by atoms with van der Waals surface area (Å²) in [6.45, 7) is 5.08. The van der Waals surface area contributed by atoms with Gasteiger partial charge in [-0.25, -0.2) is 0 Å². The summed E-state index contributed by atoms with van der Waals surface area (Å²) in [5, 5.41) is 0. The topological polar surface area (TPSA) is 42.4 Å². The van der Waals surface area contributed by atoms with Crippen LogP contribution in [0.4, 0.5) is 0 Å². The van der Waals surface area contributed by atoms with Crippen LogP contribution in [0, 0.1) is 5.92 Å². The minimum Gasteiger partial charge on any atom is -0.460 e. The Kier molecular flexibility index (Phi) is 4.86. The van der Waals surface area contributed by atoms with Crippen LogP contribution in [0.3, 0.4) is 0 Å². The summed E-state index contributed by atoms with van der Waals surface area (Å²) >= 11 is 0. The van der Waals surface area contributed by atoms with E-state index in [1.54, 1.807) is 0 Å². The normalized spacial score (nSPS) is 22.7. The monoisotopic (exact) mass is 292 g/mol. The summed E-state index contributed by atoms with van der Waals surface area (Å²) in [7, 11) is 0. The van der Waals surface area contributed by atoms with Crippen LogP contribution in [0.5, 0.6) is 0 Å². The van der Waals surface area contributed by atoms with E-state index in [1.807, 2.05) is 24.3 Å². The first-order valence-corrected chi connectivity index (χ1v) is 6.84. The van der Waals surface area contributed by atoms with E-state index in [-0.39, 0.29) is 12.4 Å². The molecule has 1 aliphatic rings. The average Bonchev–Trinajstić information content (AvgIpc) is 2.99. The number of benzene rings is 1. The Balaban J connectivity index is 0.00000147. The molecule has 0 spiro atoms. The van der Waals surface area contributed by atoms with E-state index in [0.29, 0.717) is 12.0 Å². The van der Waals surface area contributed by atoms with E-state index in [1.165, 1.54) is 0 Å². The van der Waals surface area contributed by atoms with Crippen LogP contribution in [0.2, 0.25) is 0 Å². The molecular formula is C16H21ClN2O. The molecule has 108 valence electrons. The van der Waals surface area contributed by atoms with Gasteiger partial charge in [-0.1, -0.05) is 37.3 Å². The fourth-order valence-corrected chi connectivity index (χ4v) is 2.67. The molecule has 0 bridgehead atoms. The lowest BCUT2D eigenvalue weighted by atomic mass is 10.1. The molecule has 2 atom stereocenters. The summed E-state index contributed by atoms with van der Waals surface area (Å²) in [6.07, 6.45) is 0. The Morgan fingerprint density at radius 1 is 1.15 bits per heavy atom. The third-order valence-electron chi connectivity index (χ3n) is 3.85. The summed E-state index contributed by atoms with van der Waals surface area (Å²) in [5.74, 6) is 2.52. The van der Waals surface area contributed by atoms with Crippen molar-refractivity contribution in [3.8, 4) is 11.3 Å². The van der Waals surface area contributed by atoms with Crippen LogP contribution in [-0.2, 0) is 6.54 Å². The van der Waals surface area contributed by atoms with Crippen molar-refractivity contribution in [2.45, 2.75) is 19.5 Å². The van der Waals surface area contributed by atoms with Gasteiger partial charge in [0.2, 0.25) is 0 Å². The molecule has 2 aromatic rings. The van der Waals surface area contributed by atoms with Crippen LogP contribution in [0.1, 0.15) is 12.7 Å². The van der Waals surface area contributed by atoms with Crippen molar-refractivity contribution >= 4 is 12.4 Å². The van der Waals surface area contributed by atoms with Gasteiger partial charge < -0.3 is 10.2 Å². The van der Waals surface area contributed by atoms with E-state index in [9.17, 15) is 0 Å². The highest BCUT2D eigenvalue weighted by atomic mass is 35.5. The van der Waals surface area contributed by atoms with Crippen molar-refractivity contribution in [1.29, 1.82) is 0 Å². The predicted octanol–water partition coefficient (Wildman–Crippen LogP) is 3.15. The summed E-state index contributed by atoms with van der Waals surface area (Å²) in [5.41, 5.74) is 7.17. The van der Waals surface area contributed by atoms with Crippen molar-refractivity contribution in [1.82, 2.24) is 4.90 Å². The molecule has 1 aromatic carbocycles. The lowest BCUT2D eigenvalue weighted by molar-refractivity contribution is 0.289. The molecule has 1 aromatic heterocycles. The molecule has 0 saturated carbocycles. The SMILES string of the molecule is CC1CN(Cc2ccc(-c3ccccc3)o2)CC1N.Cl. The maximum Gasteiger partial charge on any atom is 0.134 e. The van der Waals surface area contributed by atoms with Crippen LogP contribution in [0.15, 0.2) is 46.9 Å². The van der Waals surface area contributed by atoms with Crippen LogP contribution in [-0.4, -0.2) is 24.0 Å². The first-order chi connectivity index (χ1) is 9.22. The molecule has 20 heavy (non-hydrogen) atoms. The van der Waals surface area contributed by atoms with Gasteiger partial charge in [-0.05, 0) is 18.1 Å². The molecule has 1 saturated heterocycles. The minimum absolute atomic E-state index is 0. The maximum atomic E-state index is 6.05. The molecule has 2 heterocycles. The first-order valence-electron chi connectivity index (χ1n) is 6.84. The van der Waals surface area contributed by atoms with Gasteiger partial charge in [-0.15, -0.1) is 12.4 Å². The Hall–Kier alpha value is -1.29. The third-order valence-corrected chi connectivity index (χ3v) is 3.85. The second-order valence-corrected chi connectivity index (χ2v) is 5.47. The van der Waals surface area contributed by atoms with E-state index in [4.69, 9.17) is 10.2 Å². The lowest BCUT2D eigenvalue weighted by Gasteiger charge is -2.12. The second kappa shape index (κ2) is 6.44. The number of likely N-dealkylation sites (tertiary alicyclic amines) is 1. The maximum absolute atomic E-state index is 6.05. The molecule has 0 radical (unpaired) electrons. The largest absolute Gasteiger partial charge is 0.460 e. The molecule has 4 heteroatoms. The molecular weight excluding hydrogens is 272 g/mol. The molecule has 0 amide bonds. The highest BCUT2D eigenvalue weighted by Gasteiger charge is 2.26. The van der Waals surface area contributed by atoms with E-state index in [0.717, 1.165) is 36.7 Å². The van der Waals surface area contributed by atoms with Gasteiger partial charge in [0.25, 0.3) is 0 Å². The second-order valence-electron chi connectivity index (χ2n) is 5.47. The molecule has 1 fully saturated rings. The van der Waals surface area contributed by atoms with Gasteiger partial charge in [0.1, 0.15) is 11.5 Å². The van der Waals surface area contributed by atoms with Gasteiger partial charge in [0.05, 0.1) is 6.54 Å². The van der Waals surface area contributed by atoms with E-state index >= 15 is 0 Å². The molecule has 1 aliphatic heterocycles. The van der Waals surface area contributed by atoms with E-state index in [2.05, 4.69) is 30.0 Å². The van der Waals surface area contributed by atoms with Crippen LogP contribution >= 0.6 is 12.4 Å². The number of nitrogens with zero attached hydrogens (tertiary/aromatic N) is 1. The van der Waals surface area contributed by atoms with Crippen molar-refractivity contribution in [2.24, 2.45) is 11.7 Å². The minimum atomic E-state index is 0. The average molecular weight is 293 g/mol. The van der Waals surface area contributed by atoms with Gasteiger partial charge in [0.15, 0.2) is 0 Å². The Labute approximate surface area is 126 Å². The molecule has 3 rings (SSSR count). The number of furan rings is 1. The zero-order valence-corrected chi connectivity index (χ0v) is 12.5.